The molecule has 0 heterocycles. The number of benzene rings is 3. The molecule has 0 aliphatic rings. The van der Waals surface area contributed by atoms with Gasteiger partial charge in [0.1, 0.15) is 34.5 Å². The van der Waals surface area contributed by atoms with Crippen molar-refractivity contribution in [2.24, 2.45) is 10.9 Å². The minimum absolute atomic E-state index is 0.0501. The molecular weight excluding hydrogens is 564 g/mol. The van der Waals surface area contributed by atoms with Gasteiger partial charge in [-0.25, -0.2) is 18.3 Å². The molecule has 0 unspecified atom stereocenters. The van der Waals surface area contributed by atoms with E-state index < -0.39 is 39.3 Å². The molecule has 8 nitrogen and oxygen atoms in total. The number of nitrogens with one attached hydrogen (secondary N) is 2. The minimum atomic E-state index is -4.29. The maximum Gasteiger partial charge on any atom is 0.296 e. The van der Waals surface area contributed by atoms with E-state index in [9.17, 15) is 26.4 Å². The fourth-order valence-electron chi connectivity index (χ4n) is 2.68. The summed E-state index contributed by atoms with van der Waals surface area (Å²) in [5.41, 5.74) is 4.33. The second kappa shape index (κ2) is 9.22. The summed E-state index contributed by atoms with van der Waals surface area (Å²) in [4.78, 5) is 12.1. The summed E-state index contributed by atoms with van der Waals surface area (Å²) in [5.74, 6) is -4.05. The third-order valence-electron chi connectivity index (χ3n) is 3.93. The van der Waals surface area contributed by atoms with Gasteiger partial charge >= 0.3 is 0 Å². The summed E-state index contributed by atoms with van der Waals surface area (Å²) in [7, 11) is -4.29. The third-order valence-corrected chi connectivity index (χ3v) is 5.11. The van der Waals surface area contributed by atoms with Gasteiger partial charge in [0.2, 0.25) is 0 Å². The van der Waals surface area contributed by atoms with E-state index in [1.807, 2.05) is 22.6 Å². The zero-order valence-electron chi connectivity index (χ0n) is 15.8. The van der Waals surface area contributed by atoms with Crippen molar-refractivity contribution in [3.05, 3.63) is 75.1 Å². The van der Waals surface area contributed by atoms with Crippen LogP contribution in [0.5, 0.6) is 11.5 Å². The van der Waals surface area contributed by atoms with E-state index in [0.717, 1.165) is 30.3 Å². The minimum Gasteiger partial charge on any atom is -0.456 e. The van der Waals surface area contributed by atoms with Gasteiger partial charge in [0.15, 0.2) is 0 Å². The van der Waals surface area contributed by atoms with E-state index in [4.69, 9.17) is 15.6 Å². The summed E-state index contributed by atoms with van der Waals surface area (Å²) in [6.45, 7) is 0. The Balaban J connectivity index is 2.04. The highest BCUT2D eigenvalue weighted by molar-refractivity contribution is 14.1. The molecule has 0 fully saturated rings. The molecule has 0 aliphatic carbocycles. The van der Waals surface area contributed by atoms with Crippen molar-refractivity contribution in [3.8, 4) is 11.5 Å². The molecule has 0 radical (unpaired) electrons. The lowest BCUT2D eigenvalue weighted by Crippen LogP contribution is -2.22. The van der Waals surface area contributed by atoms with Gasteiger partial charge in [0.25, 0.3) is 16.1 Å². The van der Waals surface area contributed by atoms with Crippen molar-refractivity contribution in [2.75, 3.05) is 10.0 Å². The molecule has 0 saturated carbocycles. The fourth-order valence-corrected chi connectivity index (χ4v) is 3.59. The average Bonchev–Trinajstić information content (AvgIpc) is 2.65. The van der Waals surface area contributed by atoms with Crippen LogP contribution in [0, 0.1) is 21.0 Å². The molecule has 0 aliphatic heterocycles. The van der Waals surface area contributed by atoms with E-state index in [1.54, 1.807) is 10.8 Å². The number of primary amides is 1. The number of rotatable bonds is 7. The number of carbonyl (C=O) groups is 1. The molecule has 0 atom stereocenters. The number of amides is 1. The van der Waals surface area contributed by atoms with Crippen molar-refractivity contribution in [2.45, 2.75) is 0 Å². The quantitative estimate of drug-likeness (QED) is 0.315. The molecule has 13 heteroatoms. The Morgan fingerprint density at radius 1 is 0.938 bits per heavy atom. The SMILES string of the molecule is NC(=O)c1c(Nc2ccc(I)cc2F)cc(F)cc1Oc1ccc(F)c(NS(N)(=O)=O)c1. The maximum absolute atomic E-state index is 14.3. The number of hydrogen-bond donors (Lipinski definition) is 4. The number of anilines is 3. The van der Waals surface area contributed by atoms with Gasteiger partial charge in [0.05, 0.1) is 17.1 Å². The Hall–Kier alpha value is -3.04. The van der Waals surface area contributed by atoms with Crippen LogP contribution >= 0.6 is 22.6 Å². The zero-order valence-corrected chi connectivity index (χ0v) is 18.8. The standard InChI is InChI=1S/C19H14F3IN4O4S/c20-9-5-16(26-14-4-1-10(23)7-13(14)22)18(19(24)28)17(6-9)31-11-2-3-12(21)15(8-11)27-32(25,29)30/h1-8,26-27H,(H2,24,28)(H2,25,29,30). The Kier molecular flexibility index (Phi) is 6.80. The topological polar surface area (TPSA) is 137 Å². The Morgan fingerprint density at radius 3 is 2.28 bits per heavy atom. The first kappa shape index (κ1) is 23.6. The van der Waals surface area contributed by atoms with E-state index in [2.05, 4.69) is 5.32 Å². The average molecular weight is 578 g/mol. The molecular formula is C19H14F3IN4O4S. The Bertz CT molecular complexity index is 1320. The van der Waals surface area contributed by atoms with E-state index in [1.165, 1.54) is 12.1 Å². The largest absolute Gasteiger partial charge is 0.456 e. The van der Waals surface area contributed by atoms with Crippen LogP contribution in [0.25, 0.3) is 0 Å². The number of halogens is 4. The molecule has 3 rings (SSSR count). The molecule has 3 aromatic carbocycles. The Morgan fingerprint density at radius 2 is 1.66 bits per heavy atom. The first-order chi connectivity index (χ1) is 14.9. The van der Waals surface area contributed by atoms with Gasteiger partial charge in [-0.2, -0.15) is 8.42 Å². The summed E-state index contributed by atoms with van der Waals surface area (Å²) >= 11 is 1.91. The molecule has 0 bridgehead atoms. The van der Waals surface area contributed by atoms with Crippen molar-refractivity contribution < 1.29 is 31.1 Å². The van der Waals surface area contributed by atoms with Crippen LogP contribution in [-0.4, -0.2) is 14.3 Å². The number of hydrogen-bond acceptors (Lipinski definition) is 5. The molecule has 0 spiro atoms. The highest BCUT2D eigenvalue weighted by atomic mass is 127. The molecule has 0 aromatic heterocycles. The molecule has 3 aromatic rings. The van der Waals surface area contributed by atoms with Crippen LogP contribution in [0.3, 0.4) is 0 Å². The van der Waals surface area contributed by atoms with Gasteiger partial charge in [-0.15, -0.1) is 0 Å². The van der Waals surface area contributed by atoms with Crippen LogP contribution in [-0.2, 0) is 10.2 Å². The predicted molar refractivity (Wildman–Crippen MR) is 121 cm³/mol. The summed E-state index contributed by atoms with van der Waals surface area (Å²) in [6.07, 6.45) is 0. The Labute approximate surface area is 194 Å². The number of nitrogens with two attached hydrogens (primary N) is 2. The van der Waals surface area contributed by atoms with Crippen molar-refractivity contribution in [1.29, 1.82) is 0 Å². The van der Waals surface area contributed by atoms with Crippen LogP contribution in [0.1, 0.15) is 10.4 Å². The van der Waals surface area contributed by atoms with Gasteiger partial charge in [-0.1, -0.05) is 0 Å². The van der Waals surface area contributed by atoms with Crippen molar-refractivity contribution in [1.82, 2.24) is 0 Å². The maximum atomic E-state index is 14.3. The highest BCUT2D eigenvalue weighted by Crippen LogP contribution is 2.35. The van der Waals surface area contributed by atoms with Crippen molar-refractivity contribution in [3.63, 3.8) is 0 Å². The van der Waals surface area contributed by atoms with E-state index >= 15 is 0 Å². The summed E-state index contributed by atoms with van der Waals surface area (Å²) in [6, 6.07) is 8.86. The first-order valence-corrected chi connectivity index (χ1v) is 11.2. The van der Waals surface area contributed by atoms with Crippen LogP contribution in [0.2, 0.25) is 0 Å². The lowest BCUT2D eigenvalue weighted by molar-refractivity contribution is 0.0999. The van der Waals surface area contributed by atoms with Gasteiger partial charge in [-0.05, 0) is 59.0 Å². The van der Waals surface area contributed by atoms with E-state index in [0.29, 0.717) is 3.57 Å². The van der Waals surface area contributed by atoms with Gasteiger partial charge in [-0.3, -0.25) is 9.52 Å². The molecule has 1 amide bonds. The predicted octanol–water partition coefficient (Wildman–Crippen LogP) is 3.96. The monoisotopic (exact) mass is 578 g/mol. The van der Waals surface area contributed by atoms with Crippen molar-refractivity contribution >= 4 is 55.8 Å². The third kappa shape index (κ3) is 5.80. The summed E-state index contributed by atoms with van der Waals surface area (Å²) < 4.78 is 72.6. The second-order valence-corrected chi connectivity index (χ2v) is 8.87. The highest BCUT2D eigenvalue weighted by Gasteiger charge is 2.20. The molecule has 0 saturated heterocycles. The number of ether oxygens (including phenoxy) is 1. The van der Waals surface area contributed by atoms with E-state index in [-0.39, 0.29) is 28.4 Å². The van der Waals surface area contributed by atoms with Crippen LogP contribution < -0.4 is 25.6 Å². The van der Waals surface area contributed by atoms with Crippen LogP contribution in [0.15, 0.2) is 48.5 Å². The zero-order chi connectivity index (χ0) is 23.6. The van der Waals surface area contributed by atoms with Gasteiger partial charge < -0.3 is 15.8 Å². The second-order valence-electron chi connectivity index (χ2n) is 6.33. The van der Waals surface area contributed by atoms with Gasteiger partial charge in [0, 0.05) is 15.7 Å². The lowest BCUT2D eigenvalue weighted by atomic mass is 10.1. The first-order valence-electron chi connectivity index (χ1n) is 8.56. The molecule has 6 N–H and O–H groups in total. The molecule has 168 valence electrons. The summed E-state index contributed by atoms with van der Waals surface area (Å²) in [5, 5.41) is 7.44. The lowest BCUT2D eigenvalue weighted by Gasteiger charge is -2.16. The smallest absolute Gasteiger partial charge is 0.296 e. The number of carbonyl (C=O) groups excluding carboxylic acids is 1. The fraction of sp³-hybridized carbons (Fsp3) is 0. The van der Waals surface area contributed by atoms with Crippen LogP contribution in [0.4, 0.5) is 30.2 Å². The molecule has 32 heavy (non-hydrogen) atoms. The normalized spacial score (nSPS) is 11.2.